The molecular weight excluding hydrogens is 286 g/mol. The number of hydrogen-bond acceptors (Lipinski definition) is 3. The number of benzene rings is 1. The lowest BCUT2D eigenvalue weighted by atomic mass is 10.0. The number of ketones is 1. The highest BCUT2D eigenvalue weighted by atomic mass is 32.2. The van der Waals surface area contributed by atoms with Gasteiger partial charge in [-0.2, -0.15) is 0 Å². The molecule has 2 saturated carbocycles. The van der Waals surface area contributed by atoms with Gasteiger partial charge in [-0.3, -0.25) is 9.52 Å². The van der Waals surface area contributed by atoms with Crippen LogP contribution in [0.2, 0.25) is 0 Å². The molecule has 0 saturated heterocycles. The largest absolute Gasteiger partial charge is 0.294 e. The third-order valence-electron chi connectivity index (χ3n) is 4.78. The number of rotatable bonds is 5. The SMILES string of the molecule is CCS(=O)(=O)Nc1ccc(C(=O)C2C3CCCCC32)cc1. The molecule has 21 heavy (non-hydrogen) atoms. The highest BCUT2D eigenvalue weighted by Gasteiger charge is 2.54. The topological polar surface area (TPSA) is 63.2 Å². The smallest absolute Gasteiger partial charge is 0.232 e. The number of fused-ring (bicyclic) bond motifs is 1. The maximum atomic E-state index is 12.5. The van der Waals surface area contributed by atoms with Crippen molar-refractivity contribution in [3.63, 3.8) is 0 Å². The quantitative estimate of drug-likeness (QED) is 0.850. The van der Waals surface area contributed by atoms with E-state index in [9.17, 15) is 13.2 Å². The second-order valence-corrected chi connectivity index (χ2v) is 8.10. The number of nitrogens with one attached hydrogen (secondary N) is 1. The van der Waals surface area contributed by atoms with E-state index in [-0.39, 0.29) is 17.5 Å². The minimum atomic E-state index is -3.26. The number of Topliss-reactive ketones (excluding diaryl/α,β-unsaturated/α-hetero) is 1. The van der Waals surface area contributed by atoms with Crippen molar-refractivity contribution in [2.45, 2.75) is 32.6 Å². The van der Waals surface area contributed by atoms with Crippen LogP contribution in [-0.2, 0) is 10.0 Å². The van der Waals surface area contributed by atoms with E-state index in [1.54, 1.807) is 31.2 Å². The molecule has 1 aromatic rings. The molecule has 2 aliphatic carbocycles. The number of anilines is 1. The van der Waals surface area contributed by atoms with Crippen LogP contribution < -0.4 is 4.72 Å². The first kappa shape index (κ1) is 14.6. The summed E-state index contributed by atoms with van der Waals surface area (Å²) >= 11 is 0. The van der Waals surface area contributed by atoms with Gasteiger partial charge in [0.2, 0.25) is 10.0 Å². The van der Waals surface area contributed by atoms with E-state index >= 15 is 0 Å². The van der Waals surface area contributed by atoms with Gasteiger partial charge in [0, 0.05) is 17.2 Å². The minimum Gasteiger partial charge on any atom is -0.294 e. The number of carbonyl (C=O) groups excluding carboxylic acids is 1. The van der Waals surface area contributed by atoms with Gasteiger partial charge in [0.15, 0.2) is 5.78 Å². The van der Waals surface area contributed by atoms with Crippen LogP contribution in [0.1, 0.15) is 43.0 Å². The third-order valence-corrected chi connectivity index (χ3v) is 6.09. The van der Waals surface area contributed by atoms with E-state index in [4.69, 9.17) is 0 Å². The molecule has 0 aromatic heterocycles. The molecule has 0 radical (unpaired) electrons. The Morgan fingerprint density at radius 1 is 1.14 bits per heavy atom. The first-order chi connectivity index (χ1) is 10.0. The molecule has 1 aromatic carbocycles. The van der Waals surface area contributed by atoms with E-state index < -0.39 is 10.0 Å². The summed E-state index contributed by atoms with van der Waals surface area (Å²) in [5.74, 6) is 1.69. The predicted molar refractivity (Wildman–Crippen MR) is 82.8 cm³/mol. The lowest BCUT2D eigenvalue weighted by Gasteiger charge is -2.06. The van der Waals surface area contributed by atoms with Gasteiger partial charge in [-0.25, -0.2) is 8.42 Å². The Kier molecular flexibility index (Phi) is 3.78. The molecule has 3 rings (SSSR count). The van der Waals surface area contributed by atoms with Crippen molar-refractivity contribution in [1.82, 2.24) is 0 Å². The Morgan fingerprint density at radius 2 is 1.71 bits per heavy atom. The van der Waals surface area contributed by atoms with Gasteiger partial charge in [0.05, 0.1) is 5.75 Å². The molecule has 0 amide bonds. The minimum absolute atomic E-state index is 0.0408. The van der Waals surface area contributed by atoms with Crippen LogP contribution in [0.25, 0.3) is 0 Å². The van der Waals surface area contributed by atoms with Gasteiger partial charge in [-0.05, 0) is 55.9 Å². The van der Waals surface area contributed by atoms with Gasteiger partial charge >= 0.3 is 0 Å². The molecule has 0 spiro atoms. The first-order valence-electron chi connectivity index (χ1n) is 7.66. The zero-order chi connectivity index (χ0) is 15.0. The van der Waals surface area contributed by atoms with E-state index in [0.717, 1.165) is 0 Å². The summed E-state index contributed by atoms with van der Waals surface area (Å²) in [6.45, 7) is 1.59. The summed E-state index contributed by atoms with van der Waals surface area (Å²) in [4.78, 5) is 12.5. The van der Waals surface area contributed by atoms with Crippen LogP contribution >= 0.6 is 0 Å². The lowest BCUT2D eigenvalue weighted by molar-refractivity contribution is 0.0956. The summed E-state index contributed by atoms with van der Waals surface area (Å²) in [5.41, 5.74) is 1.22. The molecule has 114 valence electrons. The van der Waals surface area contributed by atoms with Crippen molar-refractivity contribution < 1.29 is 13.2 Å². The van der Waals surface area contributed by atoms with Crippen LogP contribution in [0.3, 0.4) is 0 Å². The van der Waals surface area contributed by atoms with Gasteiger partial charge in [-0.1, -0.05) is 12.8 Å². The summed E-state index contributed by atoms with van der Waals surface area (Å²) in [6.07, 6.45) is 4.89. The van der Waals surface area contributed by atoms with Crippen molar-refractivity contribution in [3.8, 4) is 0 Å². The molecule has 2 aliphatic rings. The molecule has 1 N–H and O–H groups in total. The van der Waals surface area contributed by atoms with E-state index in [1.165, 1.54) is 25.7 Å². The average molecular weight is 307 g/mol. The second kappa shape index (κ2) is 5.44. The monoisotopic (exact) mass is 307 g/mol. The van der Waals surface area contributed by atoms with Crippen molar-refractivity contribution in [3.05, 3.63) is 29.8 Å². The zero-order valence-electron chi connectivity index (χ0n) is 12.2. The molecular formula is C16H21NO3S. The highest BCUT2D eigenvalue weighted by Crippen LogP contribution is 2.56. The molecule has 2 atom stereocenters. The van der Waals surface area contributed by atoms with Crippen molar-refractivity contribution >= 4 is 21.5 Å². The van der Waals surface area contributed by atoms with Crippen LogP contribution in [-0.4, -0.2) is 20.0 Å². The van der Waals surface area contributed by atoms with Crippen molar-refractivity contribution in [2.75, 3.05) is 10.5 Å². The Bertz CT molecular complexity index is 624. The fourth-order valence-electron chi connectivity index (χ4n) is 3.53. The first-order valence-corrected chi connectivity index (χ1v) is 9.32. The van der Waals surface area contributed by atoms with E-state index in [2.05, 4.69) is 4.72 Å². The van der Waals surface area contributed by atoms with Crippen LogP contribution in [0.15, 0.2) is 24.3 Å². The molecule has 0 aliphatic heterocycles. The summed E-state index contributed by atoms with van der Waals surface area (Å²) in [5, 5.41) is 0. The maximum absolute atomic E-state index is 12.5. The fraction of sp³-hybridized carbons (Fsp3) is 0.562. The second-order valence-electron chi connectivity index (χ2n) is 6.09. The predicted octanol–water partition coefficient (Wildman–Crippen LogP) is 3.07. The van der Waals surface area contributed by atoms with Crippen LogP contribution in [0, 0.1) is 17.8 Å². The van der Waals surface area contributed by atoms with E-state index in [0.29, 0.717) is 23.1 Å². The molecule has 4 nitrogen and oxygen atoms in total. The van der Waals surface area contributed by atoms with Crippen LogP contribution in [0.5, 0.6) is 0 Å². The van der Waals surface area contributed by atoms with Gasteiger partial charge in [0.25, 0.3) is 0 Å². The Hall–Kier alpha value is -1.36. The van der Waals surface area contributed by atoms with Crippen LogP contribution in [0.4, 0.5) is 5.69 Å². The fourth-order valence-corrected chi connectivity index (χ4v) is 4.17. The maximum Gasteiger partial charge on any atom is 0.232 e. The summed E-state index contributed by atoms with van der Waals surface area (Å²) in [6, 6.07) is 6.82. The van der Waals surface area contributed by atoms with Gasteiger partial charge in [0.1, 0.15) is 0 Å². The third kappa shape index (κ3) is 2.98. The van der Waals surface area contributed by atoms with E-state index in [1.807, 2.05) is 0 Å². The van der Waals surface area contributed by atoms with Crippen molar-refractivity contribution in [2.24, 2.45) is 17.8 Å². The number of carbonyl (C=O) groups is 1. The number of sulfonamides is 1. The molecule has 2 fully saturated rings. The Balaban J connectivity index is 1.68. The van der Waals surface area contributed by atoms with Gasteiger partial charge in [-0.15, -0.1) is 0 Å². The summed E-state index contributed by atoms with van der Waals surface area (Å²) in [7, 11) is -3.26. The normalized spacial score (nSPS) is 27.8. The zero-order valence-corrected chi connectivity index (χ0v) is 13.0. The number of hydrogen-bond donors (Lipinski definition) is 1. The standard InChI is InChI=1S/C16H21NO3S/c1-2-21(19,20)17-12-9-7-11(8-10-12)16(18)15-13-5-3-4-6-14(13)15/h7-10,13-15,17H,2-6H2,1H3. The Labute approximate surface area is 126 Å². The Morgan fingerprint density at radius 3 is 2.24 bits per heavy atom. The highest BCUT2D eigenvalue weighted by molar-refractivity contribution is 7.92. The molecule has 5 heteroatoms. The average Bonchev–Trinajstić information content (AvgIpc) is 3.21. The summed E-state index contributed by atoms with van der Waals surface area (Å²) < 4.78 is 25.5. The molecule has 0 bridgehead atoms. The molecule has 0 heterocycles. The van der Waals surface area contributed by atoms with Crippen molar-refractivity contribution in [1.29, 1.82) is 0 Å². The molecule has 2 unspecified atom stereocenters. The lowest BCUT2D eigenvalue weighted by Crippen LogP contribution is -2.14. The van der Waals surface area contributed by atoms with Gasteiger partial charge < -0.3 is 0 Å².